The molecule has 3 nitrogen and oxygen atoms in total. The van der Waals surface area contributed by atoms with E-state index in [2.05, 4.69) is 6.07 Å². The Morgan fingerprint density at radius 2 is 1.83 bits per heavy atom. The number of fused-ring (bicyclic) bond motifs is 3. The first-order valence-corrected chi connectivity index (χ1v) is 7.79. The summed E-state index contributed by atoms with van der Waals surface area (Å²) in [5.74, 6) is -0.130. The number of halogens is 1. The normalized spacial score (nSPS) is 10.8. The number of nitriles is 1. The monoisotopic (exact) mass is 330 g/mol. The van der Waals surface area contributed by atoms with E-state index >= 15 is 0 Å². The lowest BCUT2D eigenvalue weighted by atomic mass is 9.98. The maximum Gasteiger partial charge on any atom is 0.195 e. The molecule has 2 aromatic heterocycles. The number of hydrogen-bond donors (Lipinski definition) is 0. The first kappa shape index (κ1) is 14.5. The summed E-state index contributed by atoms with van der Waals surface area (Å²) in [7, 11) is 0. The van der Waals surface area contributed by atoms with E-state index in [9.17, 15) is 10.1 Å². The van der Waals surface area contributed by atoms with Gasteiger partial charge in [-0.25, -0.2) is 0 Å². The Morgan fingerprint density at radius 3 is 2.58 bits per heavy atom. The third kappa shape index (κ3) is 2.25. The standard InChI is InChI=1S/C20H11ClN2O/c21-16-6-3-14(4-7-16)20(24)18-11-13(12-22)10-15-5-8-17-2-1-9-23(17)19(15)18/h1-11H. The van der Waals surface area contributed by atoms with Crippen molar-refractivity contribution in [3.05, 3.63) is 88.6 Å². The summed E-state index contributed by atoms with van der Waals surface area (Å²) < 4.78 is 1.97. The van der Waals surface area contributed by atoms with Gasteiger partial charge in [0.05, 0.1) is 17.1 Å². The highest BCUT2D eigenvalue weighted by Gasteiger charge is 2.16. The van der Waals surface area contributed by atoms with Gasteiger partial charge in [-0.3, -0.25) is 4.79 Å². The van der Waals surface area contributed by atoms with E-state index in [0.717, 1.165) is 16.4 Å². The highest BCUT2D eigenvalue weighted by Crippen LogP contribution is 2.26. The number of aromatic nitrogens is 1. The molecule has 4 heteroatoms. The number of carbonyl (C=O) groups excluding carboxylic acids is 1. The molecule has 0 radical (unpaired) electrons. The lowest BCUT2D eigenvalue weighted by Gasteiger charge is -2.10. The van der Waals surface area contributed by atoms with Gasteiger partial charge in [-0.2, -0.15) is 5.26 Å². The second-order valence-electron chi connectivity index (χ2n) is 5.55. The van der Waals surface area contributed by atoms with Gasteiger partial charge in [-0.1, -0.05) is 17.7 Å². The molecule has 0 unspecified atom stereocenters. The Bertz CT molecular complexity index is 1130. The lowest BCUT2D eigenvalue weighted by Crippen LogP contribution is -2.05. The third-order valence-electron chi connectivity index (χ3n) is 4.07. The lowest BCUT2D eigenvalue weighted by molar-refractivity contribution is 0.104. The second-order valence-corrected chi connectivity index (χ2v) is 5.98. The van der Waals surface area contributed by atoms with Crippen molar-refractivity contribution < 1.29 is 4.79 Å². The molecule has 0 aliphatic carbocycles. The predicted molar refractivity (Wildman–Crippen MR) is 94.5 cm³/mol. The number of rotatable bonds is 2. The fourth-order valence-corrected chi connectivity index (χ4v) is 3.08. The van der Waals surface area contributed by atoms with E-state index in [1.165, 1.54) is 0 Å². The van der Waals surface area contributed by atoms with Gasteiger partial charge in [0.2, 0.25) is 0 Å². The summed E-state index contributed by atoms with van der Waals surface area (Å²) in [5.41, 5.74) is 3.31. The van der Waals surface area contributed by atoms with Gasteiger partial charge in [0.1, 0.15) is 0 Å². The van der Waals surface area contributed by atoms with Crippen molar-refractivity contribution in [1.29, 1.82) is 5.26 Å². The molecule has 0 aliphatic rings. The topological polar surface area (TPSA) is 45.3 Å². The SMILES string of the molecule is N#Cc1cc(C(=O)c2ccc(Cl)cc2)c2c(ccc3cccn32)c1. The van der Waals surface area contributed by atoms with Gasteiger partial charge in [0, 0.05) is 33.2 Å². The maximum absolute atomic E-state index is 13.0. The minimum Gasteiger partial charge on any atom is -0.316 e. The first-order chi connectivity index (χ1) is 11.7. The molecule has 0 spiro atoms. The molecule has 2 heterocycles. The number of nitrogens with zero attached hydrogens (tertiary/aromatic N) is 2. The number of ketones is 1. The van der Waals surface area contributed by atoms with Crippen LogP contribution in [0.3, 0.4) is 0 Å². The van der Waals surface area contributed by atoms with Crippen LogP contribution in [-0.4, -0.2) is 10.2 Å². The van der Waals surface area contributed by atoms with Gasteiger partial charge < -0.3 is 4.40 Å². The molecule has 2 aromatic carbocycles. The molecule has 0 N–H and O–H groups in total. The van der Waals surface area contributed by atoms with Crippen LogP contribution in [0, 0.1) is 11.3 Å². The van der Waals surface area contributed by atoms with Crippen molar-refractivity contribution in [2.75, 3.05) is 0 Å². The Labute approximate surface area is 143 Å². The van der Waals surface area contributed by atoms with Crippen LogP contribution in [-0.2, 0) is 0 Å². The van der Waals surface area contributed by atoms with Crippen LogP contribution in [0.4, 0.5) is 0 Å². The maximum atomic E-state index is 13.0. The Balaban J connectivity index is 2.05. The molecule has 0 bridgehead atoms. The largest absolute Gasteiger partial charge is 0.316 e. The minimum atomic E-state index is -0.130. The first-order valence-electron chi connectivity index (χ1n) is 7.41. The predicted octanol–water partition coefficient (Wildman–Crippen LogP) is 4.85. The average molecular weight is 331 g/mol. The molecule has 0 saturated heterocycles. The summed E-state index contributed by atoms with van der Waals surface area (Å²) in [5, 5.41) is 10.7. The summed E-state index contributed by atoms with van der Waals surface area (Å²) >= 11 is 5.91. The minimum absolute atomic E-state index is 0.130. The van der Waals surface area contributed by atoms with Crippen LogP contribution < -0.4 is 0 Å². The molecule has 24 heavy (non-hydrogen) atoms. The number of pyridine rings is 1. The van der Waals surface area contributed by atoms with E-state index in [1.807, 2.05) is 34.9 Å². The molecule has 4 aromatic rings. The zero-order valence-electron chi connectivity index (χ0n) is 12.5. The molecule has 114 valence electrons. The molecule has 0 aliphatic heterocycles. The van der Waals surface area contributed by atoms with Crippen molar-refractivity contribution in [3.63, 3.8) is 0 Å². The Kier molecular flexibility index (Phi) is 3.34. The molecule has 4 rings (SSSR count). The van der Waals surface area contributed by atoms with Gasteiger partial charge >= 0.3 is 0 Å². The fraction of sp³-hybridized carbons (Fsp3) is 0. The van der Waals surface area contributed by atoms with Gasteiger partial charge in [-0.05, 0) is 54.6 Å². The van der Waals surface area contributed by atoms with E-state index in [4.69, 9.17) is 11.6 Å². The highest BCUT2D eigenvalue weighted by molar-refractivity contribution is 6.30. The zero-order valence-corrected chi connectivity index (χ0v) is 13.3. The Hall–Kier alpha value is -3.09. The van der Waals surface area contributed by atoms with E-state index in [1.54, 1.807) is 36.4 Å². The number of carbonyl (C=O) groups is 1. The zero-order chi connectivity index (χ0) is 16.7. The smallest absolute Gasteiger partial charge is 0.195 e. The van der Waals surface area contributed by atoms with Crippen LogP contribution in [0.5, 0.6) is 0 Å². The molecular formula is C20H11ClN2O. The van der Waals surface area contributed by atoms with Crippen molar-refractivity contribution in [1.82, 2.24) is 4.40 Å². The number of hydrogen-bond acceptors (Lipinski definition) is 2. The highest BCUT2D eigenvalue weighted by atomic mass is 35.5. The van der Waals surface area contributed by atoms with Gasteiger partial charge in [-0.15, -0.1) is 0 Å². The van der Waals surface area contributed by atoms with Crippen LogP contribution in [0.25, 0.3) is 16.4 Å². The van der Waals surface area contributed by atoms with Crippen LogP contribution in [0.1, 0.15) is 21.5 Å². The van der Waals surface area contributed by atoms with Crippen LogP contribution in [0.2, 0.25) is 5.02 Å². The quantitative estimate of drug-likeness (QED) is 0.493. The van der Waals surface area contributed by atoms with Crippen molar-refractivity contribution in [2.45, 2.75) is 0 Å². The summed E-state index contributed by atoms with van der Waals surface area (Å²) in [6, 6.07) is 20.2. The third-order valence-corrected chi connectivity index (χ3v) is 4.33. The van der Waals surface area contributed by atoms with Gasteiger partial charge in [0.15, 0.2) is 5.78 Å². The Morgan fingerprint density at radius 1 is 1.04 bits per heavy atom. The van der Waals surface area contributed by atoms with E-state index in [-0.39, 0.29) is 5.78 Å². The van der Waals surface area contributed by atoms with Crippen LogP contribution >= 0.6 is 11.6 Å². The van der Waals surface area contributed by atoms with Crippen LogP contribution in [0.15, 0.2) is 66.9 Å². The van der Waals surface area contributed by atoms with E-state index < -0.39 is 0 Å². The van der Waals surface area contributed by atoms with Crippen molar-refractivity contribution >= 4 is 33.8 Å². The average Bonchev–Trinajstić information content (AvgIpc) is 3.09. The summed E-state index contributed by atoms with van der Waals surface area (Å²) in [6.45, 7) is 0. The van der Waals surface area contributed by atoms with E-state index in [0.29, 0.717) is 21.7 Å². The summed E-state index contributed by atoms with van der Waals surface area (Å²) in [4.78, 5) is 13.0. The molecule has 0 saturated carbocycles. The molecular weight excluding hydrogens is 320 g/mol. The second kappa shape index (κ2) is 5.52. The fourth-order valence-electron chi connectivity index (χ4n) is 2.96. The summed E-state index contributed by atoms with van der Waals surface area (Å²) in [6.07, 6.45) is 1.92. The molecule has 0 atom stereocenters. The van der Waals surface area contributed by atoms with Crippen molar-refractivity contribution in [3.8, 4) is 6.07 Å². The van der Waals surface area contributed by atoms with Gasteiger partial charge in [0.25, 0.3) is 0 Å². The molecule has 0 amide bonds. The molecule has 0 fully saturated rings. The number of benzene rings is 2. The van der Waals surface area contributed by atoms with Crippen molar-refractivity contribution in [2.24, 2.45) is 0 Å².